The zero-order valence-electron chi connectivity index (χ0n) is 13.1. The Balaban J connectivity index is 1.40. The number of likely N-dealkylation sites (tertiary alicyclic amines) is 1. The van der Waals surface area contributed by atoms with Gasteiger partial charge in [-0.2, -0.15) is 0 Å². The number of phenols is 1. The molecule has 1 fully saturated rings. The number of rotatable bonds is 5. The highest BCUT2D eigenvalue weighted by Crippen LogP contribution is 2.20. The van der Waals surface area contributed by atoms with E-state index in [1.807, 2.05) is 11.3 Å². The summed E-state index contributed by atoms with van der Waals surface area (Å²) >= 11 is 1.81. The lowest BCUT2D eigenvalue weighted by Crippen LogP contribution is -2.38. The predicted molar refractivity (Wildman–Crippen MR) is 92.8 cm³/mol. The number of nitrogens with one attached hydrogen (secondary N) is 1. The Morgan fingerprint density at radius 1 is 1.22 bits per heavy atom. The fraction of sp³-hybridized carbons (Fsp3) is 0.389. The number of hydrogen-bond acceptors (Lipinski definition) is 4. The molecule has 5 heteroatoms. The van der Waals surface area contributed by atoms with Crippen molar-refractivity contribution in [1.82, 2.24) is 10.2 Å². The smallest absolute Gasteiger partial charge is 0.251 e. The van der Waals surface area contributed by atoms with E-state index in [-0.39, 0.29) is 11.7 Å². The van der Waals surface area contributed by atoms with Crippen molar-refractivity contribution in [2.45, 2.75) is 19.4 Å². The number of benzene rings is 1. The highest BCUT2D eigenvalue weighted by molar-refractivity contribution is 7.09. The summed E-state index contributed by atoms with van der Waals surface area (Å²) in [5.74, 6) is 0.668. The van der Waals surface area contributed by atoms with Crippen molar-refractivity contribution in [1.29, 1.82) is 0 Å². The lowest BCUT2D eigenvalue weighted by molar-refractivity contribution is 0.0935. The highest BCUT2D eigenvalue weighted by Gasteiger charge is 2.20. The second-order valence-electron chi connectivity index (χ2n) is 6.06. The monoisotopic (exact) mass is 330 g/mol. The van der Waals surface area contributed by atoms with Crippen molar-refractivity contribution >= 4 is 17.2 Å². The van der Waals surface area contributed by atoms with Crippen LogP contribution >= 0.6 is 11.3 Å². The molecule has 1 aliphatic rings. The first-order valence-electron chi connectivity index (χ1n) is 8.02. The summed E-state index contributed by atoms with van der Waals surface area (Å²) in [7, 11) is 0. The van der Waals surface area contributed by atoms with Gasteiger partial charge in [0.05, 0.1) is 0 Å². The van der Waals surface area contributed by atoms with E-state index in [1.165, 1.54) is 17.0 Å². The summed E-state index contributed by atoms with van der Waals surface area (Å²) in [4.78, 5) is 16.0. The van der Waals surface area contributed by atoms with Gasteiger partial charge in [0.1, 0.15) is 5.75 Å². The number of piperidine rings is 1. The van der Waals surface area contributed by atoms with Gasteiger partial charge in [-0.25, -0.2) is 0 Å². The Morgan fingerprint density at radius 3 is 2.61 bits per heavy atom. The average molecular weight is 330 g/mol. The number of thiophene rings is 1. The lowest BCUT2D eigenvalue weighted by atomic mass is 9.96. The zero-order chi connectivity index (χ0) is 16.1. The molecule has 1 aromatic carbocycles. The van der Waals surface area contributed by atoms with Crippen LogP contribution < -0.4 is 5.32 Å². The number of hydrogen-bond donors (Lipinski definition) is 2. The minimum Gasteiger partial charge on any atom is -0.508 e. The van der Waals surface area contributed by atoms with Gasteiger partial charge in [0.25, 0.3) is 5.91 Å². The topological polar surface area (TPSA) is 52.6 Å². The minimum absolute atomic E-state index is 0.0639. The molecule has 122 valence electrons. The van der Waals surface area contributed by atoms with Crippen LogP contribution in [0.4, 0.5) is 0 Å². The molecule has 1 amide bonds. The van der Waals surface area contributed by atoms with Crippen LogP contribution in [0.3, 0.4) is 0 Å². The van der Waals surface area contributed by atoms with E-state index in [9.17, 15) is 9.90 Å². The van der Waals surface area contributed by atoms with Crippen LogP contribution in [0, 0.1) is 5.92 Å². The molecular formula is C18H22N2O2S. The first-order chi connectivity index (χ1) is 11.2. The number of aromatic hydroxyl groups is 1. The quantitative estimate of drug-likeness (QED) is 0.886. The molecule has 1 aromatic heterocycles. The summed E-state index contributed by atoms with van der Waals surface area (Å²) in [6, 6.07) is 10.7. The molecule has 2 heterocycles. The molecule has 0 atom stereocenters. The first-order valence-corrected chi connectivity index (χ1v) is 8.90. The van der Waals surface area contributed by atoms with E-state index in [4.69, 9.17) is 0 Å². The number of phenolic OH excluding ortho intramolecular Hbond substituents is 1. The van der Waals surface area contributed by atoms with Gasteiger partial charge < -0.3 is 10.4 Å². The van der Waals surface area contributed by atoms with Crippen molar-refractivity contribution in [2.24, 2.45) is 5.92 Å². The summed E-state index contributed by atoms with van der Waals surface area (Å²) in [5, 5.41) is 14.4. The maximum Gasteiger partial charge on any atom is 0.251 e. The maximum atomic E-state index is 12.1. The standard InChI is InChI=1S/C18H22N2O2S/c21-16-5-3-15(4-6-16)18(22)19-12-14-7-9-20(10-8-14)13-17-2-1-11-23-17/h1-6,11,14,21H,7-10,12-13H2,(H,19,22). The van der Waals surface area contributed by atoms with Gasteiger partial charge in [-0.3, -0.25) is 9.69 Å². The average Bonchev–Trinajstić information content (AvgIpc) is 3.07. The largest absolute Gasteiger partial charge is 0.508 e. The lowest BCUT2D eigenvalue weighted by Gasteiger charge is -2.31. The third-order valence-corrected chi connectivity index (χ3v) is 5.21. The Labute approximate surface area is 140 Å². The zero-order valence-corrected chi connectivity index (χ0v) is 13.9. The van der Waals surface area contributed by atoms with Crippen molar-refractivity contribution in [3.8, 4) is 5.75 Å². The molecular weight excluding hydrogens is 308 g/mol. The molecule has 0 radical (unpaired) electrons. The van der Waals surface area contributed by atoms with Crippen LogP contribution in [0.25, 0.3) is 0 Å². The van der Waals surface area contributed by atoms with Gasteiger partial charge in [0, 0.05) is 23.5 Å². The number of carbonyl (C=O) groups excluding carboxylic acids is 1. The number of nitrogens with zero attached hydrogens (tertiary/aromatic N) is 1. The van der Waals surface area contributed by atoms with E-state index in [0.717, 1.165) is 39.0 Å². The SMILES string of the molecule is O=C(NCC1CCN(Cc2cccs2)CC1)c1ccc(O)cc1. The molecule has 1 aliphatic heterocycles. The van der Waals surface area contributed by atoms with Gasteiger partial charge in [0.2, 0.25) is 0 Å². The van der Waals surface area contributed by atoms with Gasteiger partial charge >= 0.3 is 0 Å². The van der Waals surface area contributed by atoms with Crippen molar-refractivity contribution in [3.63, 3.8) is 0 Å². The summed E-state index contributed by atoms with van der Waals surface area (Å²) in [6.45, 7) is 3.96. The molecule has 0 bridgehead atoms. The Morgan fingerprint density at radius 2 is 1.96 bits per heavy atom. The van der Waals surface area contributed by atoms with Crippen LogP contribution in [0.1, 0.15) is 28.1 Å². The Bertz CT molecular complexity index is 617. The molecule has 2 aromatic rings. The molecule has 0 unspecified atom stereocenters. The molecule has 2 N–H and O–H groups in total. The van der Waals surface area contributed by atoms with Gasteiger partial charge in [-0.1, -0.05) is 6.07 Å². The van der Waals surface area contributed by atoms with E-state index in [2.05, 4.69) is 27.7 Å². The van der Waals surface area contributed by atoms with Crippen molar-refractivity contribution in [3.05, 3.63) is 52.2 Å². The van der Waals surface area contributed by atoms with Crippen LogP contribution in [-0.2, 0) is 6.54 Å². The van der Waals surface area contributed by atoms with E-state index in [0.29, 0.717) is 11.5 Å². The Hall–Kier alpha value is -1.85. The fourth-order valence-electron chi connectivity index (χ4n) is 2.92. The van der Waals surface area contributed by atoms with Gasteiger partial charge in [0.15, 0.2) is 0 Å². The molecule has 0 spiro atoms. The fourth-order valence-corrected chi connectivity index (χ4v) is 3.67. The van der Waals surface area contributed by atoms with Crippen molar-refractivity contribution < 1.29 is 9.90 Å². The van der Waals surface area contributed by atoms with Crippen LogP contribution in [-0.4, -0.2) is 35.5 Å². The highest BCUT2D eigenvalue weighted by atomic mass is 32.1. The van der Waals surface area contributed by atoms with Gasteiger partial charge in [-0.05, 0) is 67.6 Å². The molecule has 0 saturated carbocycles. The number of amides is 1. The molecule has 23 heavy (non-hydrogen) atoms. The van der Waals surface area contributed by atoms with Crippen LogP contribution in [0.2, 0.25) is 0 Å². The Kier molecular flexibility index (Phi) is 5.31. The molecule has 4 nitrogen and oxygen atoms in total. The second-order valence-corrected chi connectivity index (χ2v) is 7.09. The molecule has 1 saturated heterocycles. The summed E-state index contributed by atoms with van der Waals surface area (Å²) in [6.07, 6.45) is 2.25. The van der Waals surface area contributed by atoms with Gasteiger partial charge in [-0.15, -0.1) is 11.3 Å². The minimum atomic E-state index is -0.0639. The molecule has 3 rings (SSSR count). The van der Waals surface area contributed by atoms with Crippen LogP contribution in [0.5, 0.6) is 5.75 Å². The third-order valence-electron chi connectivity index (χ3n) is 4.35. The van der Waals surface area contributed by atoms with Crippen molar-refractivity contribution in [2.75, 3.05) is 19.6 Å². The third kappa shape index (κ3) is 4.56. The van der Waals surface area contributed by atoms with E-state index >= 15 is 0 Å². The second kappa shape index (κ2) is 7.62. The van der Waals surface area contributed by atoms with E-state index < -0.39 is 0 Å². The van der Waals surface area contributed by atoms with Crippen LogP contribution in [0.15, 0.2) is 41.8 Å². The predicted octanol–water partition coefficient (Wildman–Crippen LogP) is 3.10. The maximum absolute atomic E-state index is 12.1. The summed E-state index contributed by atoms with van der Waals surface area (Å²) in [5.41, 5.74) is 0.595. The molecule has 0 aliphatic carbocycles. The number of carbonyl (C=O) groups is 1. The normalized spacial score (nSPS) is 16.3. The summed E-state index contributed by atoms with van der Waals surface area (Å²) < 4.78 is 0. The van der Waals surface area contributed by atoms with E-state index in [1.54, 1.807) is 12.1 Å². The first kappa shape index (κ1) is 16.0.